The van der Waals surface area contributed by atoms with Gasteiger partial charge in [-0.1, -0.05) is 23.8 Å². The minimum Gasteiger partial charge on any atom is -0.392 e. The Kier molecular flexibility index (Phi) is 5.29. The number of benzene rings is 1. The lowest BCUT2D eigenvalue weighted by Gasteiger charge is -2.09. The summed E-state index contributed by atoms with van der Waals surface area (Å²) in [4.78, 5) is 2.59. The van der Waals surface area contributed by atoms with E-state index in [1.165, 1.54) is 15.3 Å². The van der Waals surface area contributed by atoms with Crippen LogP contribution in [0.3, 0.4) is 0 Å². The third-order valence-electron chi connectivity index (χ3n) is 2.77. The van der Waals surface area contributed by atoms with Crippen LogP contribution in [-0.2, 0) is 6.42 Å². The fourth-order valence-corrected chi connectivity index (χ4v) is 3.28. The zero-order valence-electron chi connectivity index (χ0n) is 10.5. The Labute approximate surface area is 117 Å². The lowest BCUT2D eigenvalue weighted by atomic mass is 10.2. The number of hydrogen-bond donors (Lipinski definition) is 1. The second-order valence-electron chi connectivity index (χ2n) is 4.40. The SMILES string of the molecule is Cc1ccc(SCC(O)CCc2cccs2)cc1. The molecule has 0 aliphatic carbocycles. The smallest absolute Gasteiger partial charge is 0.0637 e. The molecule has 1 atom stereocenters. The van der Waals surface area contributed by atoms with Gasteiger partial charge in [-0.2, -0.15) is 0 Å². The summed E-state index contributed by atoms with van der Waals surface area (Å²) in [5.74, 6) is 0.772. The molecule has 0 spiro atoms. The van der Waals surface area contributed by atoms with E-state index in [1.54, 1.807) is 23.1 Å². The predicted octanol–water partition coefficient (Wildman–Crippen LogP) is 4.14. The largest absolute Gasteiger partial charge is 0.392 e. The Morgan fingerprint density at radius 1 is 1.22 bits per heavy atom. The monoisotopic (exact) mass is 278 g/mol. The number of aliphatic hydroxyl groups excluding tert-OH is 1. The molecule has 3 heteroatoms. The van der Waals surface area contributed by atoms with Crippen LogP contribution >= 0.6 is 23.1 Å². The lowest BCUT2D eigenvalue weighted by Crippen LogP contribution is -2.10. The fraction of sp³-hybridized carbons (Fsp3) is 0.333. The first-order chi connectivity index (χ1) is 8.74. The Bertz CT molecular complexity index is 448. The fourth-order valence-electron chi connectivity index (χ4n) is 1.67. The molecular formula is C15H18OS2. The molecule has 0 saturated carbocycles. The van der Waals surface area contributed by atoms with Gasteiger partial charge in [0, 0.05) is 15.5 Å². The van der Waals surface area contributed by atoms with Gasteiger partial charge in [0.25, 0.3) is 0 Å². The van der Waals surface area contributed by atoms with Gasteiger partial charge in [0.2, 0.25) is 0 Å². The van der Waals surface area contributed by atoms with Gasteiger partial charge in [-0.25, -0.2) is 0 Å². The second kappa shape index (κ2) is 6.98. The van der Waals surface area contributed by atoms with Crippen LogP contribution in [0.2, 0.25) is 0 Å². The van der Waals surface area contributed by atoms with Crippen LogP contribution in [-0.4, -0.2) is 17.0 Å². The van der Waals surface area contributed by atoms with Crippen LogP contribution in [0.5, 0.6) is 0 Å². The van der Waals surface area contributed by atoms with Crippen LogP contribution in [0, 0.1) is 6.92 Å². The summed E-state index contributed by atoms with van der Waals surface area (Å²) in [6.45, 7) is 2.09. The number of rotatable bonds is 6. The van der Waals surface area contributed by atoms with Crippen molar-refractivity contribution in [1.82, 2.24) is 0 Å². The van der Waals surface area contributed by atoms with Gasteiger partial charge in [-0.05, 0) is 43.3 Å². The van der Waals surface area contributed by atoms with E-state index in [0.717, 1.165) is 18.6 Å². The summed E-state index contributed by atoms with van der Waals surface area (Å²) in [6.07, 6.45) is 1.60. The van der Waals surface area contributed by atoms with Crippen molar-refractivity contribution < 1.29 is 5.11 Å². The highest BCUT2D eigenvalue weighted by Crippen LogP contribution is 2.21. The molecule has 1 heterocycles. The molecule has 1 N–H and O–H groups in total. The quantitative estimate of drug-likeness (QED) is 0.801. The van der Waals surface area contributed by atoms with Crippen molar-refractivity contribution in [2.75, 3.05) is 5.75 Å². The minimum atomic E-state index is -0.224. The molecule has 0 bridgehead atoms. The highest BCUT2D eigenvalue weighted by Gasteiger charge is 2.06. The Hall–Kier alpha value is -0.770. The maximum atomic E-state index is 9.95. The summed E-state index contributed by atoms with van der Waals surface area (Å²) in [5, 5.41) is 12.0. The van der Waals surface area contributed by atoms with E-state index in [2.05, 4.69) is 48.7 Å². The van der Waals surface area contributed by atoms with Gasteiger partial charge in [0.1, 0.15) is 0 Å². The Balaban J connectivity index is 1.71. The molecule has 1 aromatic carbocycles. The molecule has 1 aromatic heterocycles. The normalized spacial score (nSPS) is 12.6. The zero-order chi connectivity index (χ0) is 12.8. The number of aliphatic hydroxyl groups is 1. The van der Waals surface area contributed by atoms with Crippen LogP contribution in [0.15, 0.2) is 46.7 Å². The maximum Gasteiger partial charge on any atom is 0.0637 e. The minimum absolute atomic E-state index is 0.224. The summed E-state index contributed by atoms with van der Waals surface area (Å²) >= 11 is 3.49. The molecule has 0 saturated heterocycles. The highest BCUT2D eigenvalue weighted by molar-refractivity contribution is 7.99. The van der Waals surface area contributed by atoms with Gasteiger partial charge < -0.3 is 5.11 Å². The topological polar surface area (TPSA) is 20.2 Å². The molecule has 2 aromatic rings. The predicted molar refractivity (Wildman–Crippen MR) is 80.5 cm³/mol. The number of aryl methyl sites for hydroxylation is 2. The van der Waals surface area contributed by atoms with Crippen LogP contribution in [0.4, 0.5) is 0 Å². The lowest BCUT2D eigenvalue weighted by molar-refractivity contribution is 0.190. The molecule has 0 aliphatic heterocycles. The zero-order valence-corrected chi connectivity index (χ0v) is 12.1. The van der Waals surface area contributed by atoms with Gasteiger partial charge in [-0.15, -0.1) is 23.1 Å². The van der Waals surface area contributed by atoms with E-state index in [-0.39, 0.29) is 6.10 Å². The van der Waals surface area contributed by atoms with Crippen molar-refractivity contribution in [1.29, 1.82) is 0 Å². The number of thioether (sulfide) groups is 1. The molecule has 18 heavy (non-hydrogen) atoms. The van der Waals surface area contributed by atoms with Gasteiger partial charge in [-0.3, -0.25) is 0 Å². The molecule has 1 nitrogen and oxygen atoms in total. The summed E-state index contributed by atoms with van der Waals surface area (Å²) in [7, 11) is 0. The number of thiophene rings is 1. The van der Waals surface area contributed by atoms with Gasteiger partial charge in [0.15, 0.2) is 0 Å². The van der Waals surface area contributed by atoms with E-state index >= 15 is 0 Å². The van der Waals surface area contributed by atoms with Crippen molar-refractivity contribution in [2.24, 2.45) is 0 Å². The van der Waals surface area contributed by atoms with E-state index < -0.39 is 0 Å². The molecule has 0 radical (unpaired) electrons. The first-order valence-corrected chi connectivity index (χ1v) is 8.00. The summed E-state index contributed by atoms with van der Waals surface area (Å²) in [5.41, 5.74) is 1.28. The third kappa shape index (κ3) is 4.48. The standard InChI is InChI=1S/C15H18OS2/c1-12-4-7-15(8-5-12)18-11-13(16)6-9-14-3-2-10-17-14/h2-5,7-8,10,13,16H,6,9,11H2,1H3. The van der Waals surface area contributed by atoms with Crippen molar-refractivity contribution in [2.45, 2.75) is 30.8 Å². The van der Waals surface area contributed by atoms with Crippen molar-refractivity contribution in [3.8, 4) is 0 Å². The molecule has 0 fully saturated rings. The molecule has 0 amide bonds. The maximum absolute atomic E-state index is 9.95. The summed E-state index contributed by atoms with van der Waals surface area (Å²) in [6, 6.07) is 12.6. The Morgan fingerprint density at radius 3 is 2.67 bits per heavy atom. The van der Waals surface area contributed by atoms with E-state index in [4.69, 9.17) is 0 Å². The van der Waals surface area contributed by atoms with Crippen molar-refractivity contribution in [3.05, 3.63) is 52.2 Å². The van der Waals surface area contributed by atoms with Crippen LogP contribution < -0.4 is 0 Å². The molecule has 1 unspecified atom stereocenters. The molecular weight excluding hydrogens is 260 g/mol. The van der Waals surface area contributed by atoms with Crippen LogP contribution in [0.25, 0.3) is 0 Å². The van der Waals surface area contributed by atoms with Gasteiger partial charge >= 0.3 is 0 Å². The second-order valence-corrected chi connectivity index (χ2v) is 6.52. The molecule has 0 aliphatic rings. The molecule has 96 valence electrons. The number of hydrogen-bond acceptors (Lipinski definition) is 3. The average molecular weight is 278 g/mol. The highest BCUT2D eigenvalue weighted by atomic mass is 32.2. The van der Waals surface area contributed by atoms with Crippen molar-refractivity contribution >= 4 is 23.1 Å². The van der Waals surface area contributed by atoms with Gasteiger partial charge in [0.05, 0.1) is 6.10 Å². The van der Waals surface area contributed by atoms with E-state index in [9.17, 15) is 5.11 Å². The third-order valence-corrected chi connectivity index (χ3v) is 4.86. The van der Waals surface area contributed by atoms with E-state index in [0.29, 0.717) is 0 Å². The van der Waals surface area contributed by atoms with Crippen LogP contribution in [0.1, 0.15) is 16.9 Å². The first-order valence-electron chi connectivity index (χ1n) is 6.14. The van der Waals surface area contributed by atoms with E-state index in [1.807, 2.05) is 0 Å². The Morgan fingerprint density at radius 2 is 2.00 bits per heavy atom. The molecule has 2 rings (SSSR count). The summed E-state index contributed by atoms with van der Waals surface area (Å²) < 4.78 is 0. The first kappa shape index (κ1) is 13.7. The average Bonchev–Trinajstić information content (AvgIpc) is 2.89. The van der Waals surface area contributed by atoms with Crippen molar-refractivity contribution in [3.63, 3.8) is 0 Å².